The highest BCUT2D eigenvalue weighted by atomic mass is 32.2. The normalized spacial score (nSPS) is 18.7. The number of hydrogen-bond acceptors (Lipinski definition) is 8. The van der Waals surface area contributed by atoms with Crippen molar-refractivity contribution in [3.63, 3.8) is 0 Å². The topological polar surface area (TPSA) is 83.3 Å². The SMILES string of the molecule is CC1NCCc2cc(CCCN3CCC(C(=O)Nc4ncc(SCc5ncc(C(C)(C)C)o5)s4)CC3)ccc21. The minimum absolute atomic E-state index is 0.0486. The van der Waals surface area contributed by atoms with E-state index in [-0.39, 0.29) is 17.2 Å². The molecule has 1 unspecified atom stereocenters. The predicted octanol–water partition coefficient (Wildman–Crippen LogP) is 6.21. The fraction of sp³-hybridized carbons (Fsp3) is 0.567. The standard InChI is InChI=1S/C30H41N5O2S2/c1-20-24-8-7-21(16-23(24)9-12-31-20)6-5-13-35-14-10-22(11-15-35)28(36)34-29-33-18-27(39-29)38-19-26-32-17-25(37-26)30(2,3)4/h7-8,16-18,20,22,31H,5-6,9-15,19H2,1-4H3,(H,33,34,36). The minimum Gasteiger partial charge on any atom is -0.444 e. The van der Waals surface area contributed by atoms with Gasteiger partial charge in [-0.25, -0.2) is 9.97 Å². The fourth-order valence-electron chi connectivity index (χ4n) is 5.36. The smallest absolute Gasteiger partial charge is 0.229 e. The third-order valence-electron chi connectivity index (χ3n) is 7.76. The van der Waals surface area contributed by atoms with Crippen LogP contribution < -0.4 is 10.6 Å². The molecule has 0 aliphatic carbocycles. The minimum atomic E-state index is -0.0486. The lowest BCUT2D eigenvalue weighted by atomic mass is 9.92. The number of benzene rings is 1. The average molecular weight is 568 g/mol. The van der Waals surface area contributed by atoms with Crippen LogP contribution in [-0.4, -0.2) is 47.0 Å². The summed E-state index contributed by atoms with van der Waals surface area (Å²) < 4.78 is 6.92. The van der Waals surface area contributed by atoms with Crippen molar-refractivity contribution in [2.24, 2.45) is 5.92 Å². The van der Waals surface area contributed by atoms with Crippen LogP contribution in [0.5, 0.6) is 0 Å². The van der Waals surface area contributed by atoms with Crippen molar-refractivity contribution in [3.05, 3.63) is 58.9 Å². The molecular formula is C30H41N5O2S2. The number of nitrogens with zero attached hydrogens (tertiary/aromatic N) is 3. The van der Waals surface area contributed by atoms with Gasteiger partial charge in [0.05, 0.1) is 22.4 Å². The van der Waals surface area contributed by atoms with Crippen molar-refractivity contribution < 1.29 is 9.21 Å². The van der Waals surface area contributed by atoms with E-state index in [9.17, 15) is 4.79 Å². The van der Waals surface area contributed by atoms with Crippen LogP contribution in [0.2, 0.25) is 0 Å². The second-order valence-electron chi connectivity index (χ2n) is 11.8. The van der Waals surface area contributed by atoms with E-state index in [0.717, 1.165) is 68.3 Å². The molecule has 0 radical (unpaired) electrons. The van der Waals surface area contributed by atoms with Gasteiger partial charge in [-0.2, -0.15) is 0 Å². The molecule has 2 aromatic heterocycles. The van der Waals surface area contributed by atoms with Crippen molar-refractivity contribution in [2.45, 2.75) is 81.2 Å². The second-order valence-corrected chi connectivity index (χ2v) is 14.1. The zero-order valence-corrected chi connectivity index (χ0v) is 25.2. The van der Waals surface area contributed by atoms with E-state index < -0.39 is 0 Å². The molecule has 5 rings (SSSR count). The molecule has 0 spiro atoms. The maximum absolute atomic E-state index is 12.9. The summed E-state index contributed by atoms with van der Waals surface area (Å²) in [6.45, 7) is 12.7. The number of likely N-dealkylation sites (tertiary alicyclic amines) is 1. The number of nitrogens with one attached hydrogen (secondary N) is 2. The van der Waals surface area contributed by atoms with Gasteiger partial charge in [0.2, 0.25) is 11.8 Å². The number of oxazole rings is 1. The van der Waals surface area contributed by atoms with E-state index in [1.165, 1.54) is 28.0 Å². The van der Waals surface area contributed by atoms with Crippen molar-refractivity contribution in [3.8, 4) is 0 Å². The number of fused-ring (bicyclic) bond motifs is 1. The first kappa shape index (κ1) is 28.3. The number of piperidine rings is 1. The highest BCUT2D eigenvalue weighted by Crippen LogP contribution is 2.32. The van der Waals surface area contributed by atoms with Gasteiger partial charge in [-0.15, -0.1) is 11.8 Å². The van der Waals surface area contributed by atoms with Gasteiger partial charge in [-0.05, 0) is 81.9 Å². The Morgan fingerprint density at radius 1 is 1.23 bits per heavy atom. The first-order valence-corrected chi connectivity index (χ1v) is 16.0. The van der Waals surface area contributed by atoms with Crippen molar-refractivity contribution >= 4 is 34.1 Å². The van der Waals surface area contributed by atoms with Gasteiger partial charge in [-0.1, -0.05) is 50.3 Å². The van der Waals surface area contributed by atoms with Crippen LogP contribution in [0.3, 0.4) is 0 Å². The van der Waals surface area contributed by atoms with E-state index in [1.807, 2.05) is 12.4 Å². The summed E-state index contributed by atoms with van der Waals surface area (Å²) in [4.78, 5) is 24.2. The van der Waals surface area contributed by atoms with Crippen LogP contribution >= 0.6 is 23.1 Å². The Morgan fingerprint density at radius 3 is 2.82 bits per heavy atom. The van der Waals surface area contributed by atoms with Gasteiger partial charge >= 0.3 is 0 Å². The first-order valence-electron chi connectivity index (χ1n) is 14.2. The molecule has 1 saturated heterocycles. The summed E-state index contributed by atoms with van der Waals surface area (Å²) in [6, 6.07) is 7.50. The molecule has 7 nitrogen and oxygen atoms in total. The van der Waals surface area contributed by atoms with Gasteiger partial charge < -0.3 is 20.0 Å². The zero-order chi connectivity index (χ0) is 27.4. The third kappa shape index (κ3) is 7.51. The third-order valence-corrected chi connectivity index (χ3v) is 9.85. The summed E-state index contributed by atoms with van der Waals surface area (Å²) in [5.74, 6) is 2.41. The van der Waals surface area contributed by atoms with Crippen LogP contribution in [0.15, 0.2) is 39.2 Å². The Balaban J connectivity index is 1.01. The molecule has 1 fully saturated rings. The molecule has 1 amide bonds. The number of rotatable bonds is 9. The van der Waals surface area contributed by atoms with Crippen LogP contribution in [0.25, 0.3) is 0 Å². The van der Waals surface area contributed by atoms with Crippen molar-refractivity contribution in [1.29, 1.82) is 0 Å². The van der Waals surface area contributed by atoms with Gasteiger partial charge in [0.25, 0.3) is 0 Å². The summed E-state index contributed by atoms with van der Waals surface area (Å²) in [5, 5.41) is 7.26. The lowest BCUT2D eigenvalue weighted by Gasteiger charge is -2.31. The highest BCUT2D eigenvalue weighted by Gasteiger charge is 2.26. The Kier molecular flexibility index (Phi) is 9.11. The molecule has 2 aliphatic rings. The first-order chi connectivity index (χ1) is 18.7. The van der Waals surface area contributed by atoms with Crippen molar-refractivity contribution in [2.75, 3.05) is 31.5 Å². The largest absolute Gasteiger partial charge is 0.444 e. The molecule has 210 valence electrons. The van der Waals surface area contributed by atoms with E-state index in [1.54, 1.807) is 11.8 Å². The van der Waals surface area contributed by atoms with Gasteiger partial charge in [0.1, 0.15) is 5.76 Å². The molecule has 4 heterocycles. The molecule has 0 bridgehead atoms. The quantitative estimate of drug-likeness (QED) is 0.297. The second kappa shape index (κ2) is 12.5. The van der Waals surface area contributed by atoms with Crippen molar-refractivity contribution in [1.82, 2.24) is 20.2 Å². The maximum Gasteiger partial charge on any atom is 0.229 e. The van der Waals surface area contributed by atoms with E-state index in [4.69, 9.17) is 4.42 Å². The number of amides is 1. The predicted molar refractivity (Wildman–Crippen MR) is 160 cm³/mol. The number of anilines is 1. The number of thioether (sulfide) groups is 1. The zero-order valence-electron chi connectivity index (χ0n) is 23.6. The molecule has 2 aliphatic heterocycles. The Bertz CT molecular complexity index is 1260. The highest BCUT2D eigenvalue weighted by molar-refractivity contribution is 8.00. The summed E-state index contributed by atoms with van der Waals surface area (Å²) in [6.07, 6.45) is 8.85. The number of thiazole rings is 1. The molecule has 1 atom stereocenters. The average Bonchev–Trinajstić information content (AvgIpc) is 3.58. The van der Waals surface area contributed by atoms with E-state index in [2.05, 4.69) is 71.4 Å². The molecular weight excluding hydrogens is 526 g/mol. The Morgan fingerprint density at radius 2 is 2.05 bits per heavy atom. The van der Waals surface area contributed by atoms with E-state index in [0.29, 0.717) is 22.8 Å². The molecule has 0 saturated carbocycles. The monoisotopic (exact) mass is 567 g/mol. The van der Waals surface area contributed by atoms with Crippen LogP contribution in [0.4, 0.5) is 5.13 Å². The summed E-state index contributed by atoms with van der Waals surface area (Å²) in [7, 11) is 0. The Hall–Kier alpha value is -2.20. The summed E-state index contributed by atoms with van der Waals surface area (Å²) in [5.41, 5.74) is 4.38. The fourth-order valence-corrected chi connectivity index (χ4v) is 7.09. The van der Waals surface area contributed by atoms with Gasteiger partial charge in [0.15, 0.2) is 5.13 Å². The van der Waals surface area contributed by atoms with E-state index >= 15 is 0 Å². The number of aryl methyl sites for hydroxylation is 1. The van der Waals surface area contributed by atoms with Gasteiger partial charge in [0, 0.05) is 17.4 Å². The number of carbonyl (C=O) groups is 1. The summed E-state index contributed by atoms with van der Waals surface area (Å²) >= 11 is 3.14. The van der Waals surface area contributed by atoms with Crippen LogP contribution in [0, 0.1) is 5.92 Å². The lowest BCUT2D eigenvalue weighted by molar-refractivity contribution is -0.121. The van der Waals surface area contributed by atoms with Crippen LogP contribution in [-0.2, 0) is 28.8 Å². The molecule has 9 heteroatoms. The lowest BCUT2D eigenvalue weighted by Crippen LogP contribution is -2.38. The molecule has 2 N–H and O–H groups in total. The number of aromatic nitrogens is 2. The molecule has 1 aromatic carbocycles. The van der Waals surface area contributed by atoms with Crippen LogP contribution in [0.1, 0.15) is 81.3 Å². The maximum atomic E-state index is 12.9. The number of carbonyl (C=O) groups excluding carboxylic acids is 1. The van der Waals surface area contributed by atoms with Gasteiger partial charge in [-0.3, -0.25) is 4.79 Å². The number of hydrogen-bond donors (Lipinski definition) is 2. The molecule has 3 aromatic rings. The Labute approximate surface area is 240 Å². The molecule has 39 heavy (non-hydrogen) atoms.